The van der Waals surface area contributed by atoms with Crippen molar-refractivity contribution in [3.63, 3.8) is 0 Å². The van der Waals surface area contributed by atoms with Crippen LogP contribution in [0.15, 0.2) is 36.5 Å². The molecule has 2 aliphatic rings. The number of carbonyl (C=O) groups is 2. The highest BCUT2D eigenvalue weighted by Gasteiger charge is 2.29. The van der Waals surface area contributed by atoms with Crippen LogP contribution in [0.2, 0.25) is 5.02 Å². The van der Waals surface area contributed by atoms with Crippen LogP contribution in [0.3, 0.4) is 0 Å². The summed E-state index contributed by atoms with van der Waals surface area (Å²) in [5, 5.41) is 3.66. The largest absolute Gasteiger partial charge is 0.436 e. The van der Waals surface area contributed by atoms with Gasteiger partial charge in [-0.1, -0.05) is 18.5 Å². The number of carbonyl (C=O) groups excluding carboxylic acids is 2. The van der Waals surface area contributed by atoms with Crippen LogP contribution in [-0.2, 0) is 4.79 Å². The molecule has 6 nitrogen and oxygen atoms in total. The molecule has 1 aliphatic heterocycles. The number of nitrogens with one attached hydrogen (secondary N) is 1. The fourth-order valence-corrected chi connectivity index (χ4v) is 4.27. The molecule has 2 amide bonds. The Bertz CT molecular complexity index is 941. The summed E-state index contributed by atoms with van der Waals surface area (Å²) in [6, 6.07) is 8.85. The van der Waals surface area contributed by atoms with E-state index in [2.05, 4.69) is 17.2 Å². The monoisotopic (exact) mass is 427 g/mol. The third-order valence-electron chi connectivity index (χ3n) is 5.83. The average Bonchev–Trinajstić information content (AvgIpc) is 2.85. The summed E-state index contributed by atoms with van der Waals surface area (Å²) in [6.07, 6.45) is 6.92. The maximum atomic E-state index is 13.2. The first-order valence-electron chi connectivity index (χ1n) is 10.5. The Balaban J connectivity index is 1.44. The van der Waals surface area contributed by atoms with Gasteiger partial charge in [0.05, 0.1) is 5.69 Å². The van der Waals surface area contributed by atoms with Crippen LogP contribution in [0.1, 0.15) is 55.8 Å². The zero-order valence-electron chi connectivity index (χ0n) is 17.1. The molecule has 0 saturated heterocycles. The van der Waals surface area contributed by atoms with Crippen molar-refractivity contribution in [3.05, 3.63) is 47.1 Å². The van der Waals surface area contributed by atoms with Crippen LogP contribution in [-0.4, -0.2) is 29.4 Å². The Morgan fingerprint density at radius 2 is 2.07 bits per heavy atom. The minimum absolute atomic E-state index is 0.0430. The predicted octanol–water partition coefficient (Wildman–Crippen LogP) is 4.96. The molecule has 158 valence electrons. The number of benzene rings is 1. The minimum atomic E-state index is -0.208. The third kappa shape index (κ3) is 4.59. The van der Waals surface area contributed by atoms with E-state index < -0.39 is 0 Å². The van der Waals surface area contributed by atoms with E-state index in [1.54, 1.807) is 41.4 Å². The lowest BCUT2D eigenvalue weighted by molar-refractivity contribution is -0.122. The van der Waals surface area contributed by atoms with Crippen molar-refractivity contribution in [1.29, 1.82) is 0 Å². The predicted molar refractivity (Wildman–Crippen MR) is 116 cm³/mol. The van der Waals surface area contributed by atoms with E-state index in [4.69, 9.17) is 16.3 Å². The lowest BCUT2D eigenvalue weighted by atomic mass is 9.87. The highest BCUT2D eigenvalue weighted by atomic mass is 35.5. The molecule has 4 rings (SSSR count). The molecule has 30 heavy (non-hydrogen) atoms. The van der Waals surface area contributed by atoms with Crippen molar-refractivity contribution in [2.45, 2.75) is 51.5 Å². The minimum Gasteiger partial charge on any atom is -0.436 e. The summed E-state index contributed by atoms with van der Waals surface area (Å²) >= 11 is 6.18. The standard InChI is InChI=1S/C23H26ClN3O3/c1-15-6-9-17(10-7-15)26-21(28)5-3-13-27-19-14-16(24)8-11-20(19)30-22-18(23(27)29)4-2-12-25-22/h2,4,8,11-12,14-15,17H,3,5-7,9-10,13H2,1H3,(H,26,28). The van der Waals surface area contributed by atoms with Crippen molar-refractivity contribution in [2.24, 2.45) is 5.92 Å². The molecule has 0 spiro atoms. The van der Waals surface area contributed by atoms with Gasteiger partial charge in [-0.25, -0.2) is 4.98 Å². The summed E-state index contributed by atoms with van der Waals surface area (Å²) in [5.41, 5.74) is 0.984. The molecule has 0 radical (unpaired) electrons. The summed E-state index contributed by atoms with van der Waals surface area (Å²) in [6.45, 7) is 2.65. The highest BCUT2D eigenvalue weighted by molar-refractivity contribution is 6.31. The zero-order valence-corrected chi connectivity index (χ0v) is 17.8. The summed E-state index contributed by atoms with van der Waals surface area (Å²) < 4.78 is 5.88. The van der Waals surface area contributed by atoms with E-state index in [-0.39, 0.29) is 23.7 Å². The van der Waals surface area contributed by atoms with Crippen LogP contribution in [0, 0.1) is 5.92 Å². The van der Waals surface area contributed by atoms with Crippen molar-refractivity contribution in [3.8, 4) is 11.6 Å². The van der Waals surface area contributed by atoms with Crippen LogP contribution in [0.4, 0.5) is 5.69 Å². The molecule has 7 heteroatoms. The van der Waals surface area contributed by atoms with Crippen LogP contribution in [0.5, 0.6) is 11.6 Å². The van der Waals surface area contributed by atoms with E-state index in [1.165, 1.54) is 0 Å². The Kier molecular flexibility index (Phi) is 6.23. The second-order valence-corrected chi connectivity index (χ2v) is 8.59. The van der Waals surface area contributed by atoms with Gasteiger partial charge in [0.15, 0.2) is 5.75 Å². The van der Waals surface area contributed by atoms with Gasteiger partial charge in [0, 0.05) is 30.2 Å². The van der Waals surface area contributed by atoms with Gasteiger partial charge < -0.3 is 15.0 Å². The number of rotatable bonds is 5. The molecule has 0 unspecified atom stereocenters. The number of anilines is 1. The molecule has 1 fully saturated rings. The molecule has 1 N–H and O–H groups in total. The Labute approximate surface area is 181 Å². The van der Waals surface area contributed by atoms with Gasteiger partial charge >= 0.3 is 0 Å². The molecule has 2 heterocycles. The van der Waals surface area contributed by atoms with Crippen molar-refractivity contribution < 1.29 is 14.3 Å². The fourth-order valence-electron chi connectivity index (χ4n) is 4.11. The SMILES string of the molecule is CC1CCC(NC(=O)CCCN2C(=O)c3cccnc3Oc3ccc(Cl)cc32)CC1. The summed E-state index contributed by atoms with van der Waals surface area (Å²) in [4.78, 5) is 31.4. The Morgan fingerprint density at radius 3 is 2.87 bits per heavy atom. The van der Waals surface area contributed by atoms with Crippen LogP contribution < -0.4 is 15.0 Å². The number of hydrogen-bond donors (Lipinski definition) is 1. The van der Waals surface area contributed by atoms with Crippen LogP contribution in [0.25, 0.3) is 0 Å². The number of fused-ring (bicyclic) bond motifs is 2. The van der Waals surface area contributed by atoms with Gasteiger partial charge in [-0.05, 0) is 68.4 Å². The summed E-state index contributed by atoms with van der Waals surface area (Å²) in [5.74, 6) is 1.38. The van der Waals surface area contributed by atoms with Crippen molar-refractivity contribution >= 4 is 29.1 Å². The van der Waals surface area contributed by atoms with E-state index in [0.717, 1.165) is 31.6 Å². The van der Waals surface area contributed by atoms with E-state index in [9.17, 15) is 9.59 Å². The second kappa shape index (κ2) is 9.04. The quantitative estimate of drug-likeness (QED) is 0.731. The van der Waals surface area contributed by atoms with Gasteiger partial charge in [0.1, 0.15) is 5.56 Å². The average molecular weight is 428 g/mol. The van der Waals surface area contributed by atoms with E-state index >= 15 is 0 Å². The molecular formula is C23H26ClN3O3. The first kappa shape index (κ1) is 20.7. The first-order chi connectivity index (χ1) is 14.5. The molecule has 1 aliphatic carbocycles. The number of amides is 2. The summed E-state index contributed by atoms with van der Waals surface area (Å²) in [7, 11) is 0. The Hall–Kier alpha value is -2.60. The van der Waals surface area contributed by atoms with Gasteiger partial charge in [-0.2, -0.15) is 0 Å². The van der Waals surface area contributed by atoms with Crippen LogP contribution >= 0.6 is 11.6 Å². The van der Waals surface area contributed by atoms with Gasteiger partial charge in [0.2, 0.25) is 11.8 Å². The van der Waals surface area contributed by atoms with Crippen molar-refractivity contribution in [1.82, 2.24) is 10.3 Å². The molecule has 1 saturated carbocycles. The molecule has 2 aromatic rings. The number of pyridine rings is 1. The molecule has 0 atom stereocenters. The molecule has 0 bridgehead atoms. The number of halogens is 1. The third-order valence-corrected chi connectivity index (χ3v) is 6.07. The number of ether oxygens (including phenoxy) is 1. The van der Waals surface area contributed by atoms with Gasteiger partial charge in [-0.15, -0.1) is 0 Å². The number of nitrogens with zero attached hydrogens (tertiary/aromatic N) is 2. The lowest BCUT2D eigenvalue weighted by Gasteiger charge is -2.27. The Morgan fingerprint density at radius 1 is 1.27 bits per heavy atom. The van der Waals surface area contributed by atoms with Gasteiger partial charge in [0.25, 0.3) is 5.91 Å². The lowest BCUT2D eigenvalue weighted by Crippen LogP contribution is -2.38. The smallest absolute Gasteiger partial charge is 0.263 e. The first-order valence-corrected chi connectivity index (χ1v) is 10.9. The maximum Gasteiger partial charge on any atom is 0.263 e. The molecular weight excluding hydrogens is 402 g/mol. The zero-order chi connectivity index (χ0) is 21.1. The normalized spacial score (nSPS) is 20.6. The topological polar surface area (TPSA) is 71.5 Å². The van der Waals surface area contributed by atoms with Crippen molar-refractivity contribution in [2.75, 3.05) is 11.4 Å². The van der Waals surface area contributed by atoms with E-state index in [1.807, 2.05) is 0 Å². The highest BCUT2D eigenvalue weighted by Crippen LogP contribution is 2.39. The van der Waals surface area contributed by atoms with Gasteiger partial charge in [-0.3, -0.25) is 9.59 Å². The fraction of sp³-hybridized carbons (Fsp3) is 0.435. The number of hydrogen-bond acceptors (Lipinski definition) is 4. The number of aromatic nitrogens is 1. The second-order valence-electron chi connectivity index (χ2n) is 8.15. The molecule has 1 aromatic carbocycles. The van der Waals surface area contributed by atoms with E-state index in [0.29, 0.717) is 41.4 Å². The maximum absolute atomic E-state index is 13.2. The molecule has 1 aromatic heterocycles.